The van der Waals surface area contributed by atoms with Crippen LogP contribution >= 0.6 is 33.2 Å². The van der Waals surface area contributed by atoms with Crippen molar-refractivity contribution < 1.29 is 22.0 Å². The molecule has 0 aliphatic rings. The molecule has 0 bridgehead atoms. The summed E-state index contributed by atoms with van der Waals surface area (Å²) >= 11 is 14.3. The Morgan fingerprint density at radius 1 is 0.917 bits per heavy atom. The summed E-state index contributed by atoms with van der Waals surface area (Å²) in [4.78, 5) is 0. The van der Waals surface area contributed by atoms with Crippen LogP contribution in [0.3, 0.4) is 0 Å². The first-order chi connectivity index (χ1) is 4.96. The average molecular weight is 267 g/mol. The summed E-state index contributed by atoms with van der Waals surface area (Å²) in [6, 6.07) is -4.63. The molecule has 0 aliphatic carbocycles. The van der Waals surface area contributed by atoms with Gasteiger partial charge in [0, 0.05) is 0 Å². The van der Waals surface area contributed by atoms with Gasteiger partial charge in [-0.2, -0.15) is 13.2 Å². The van der Waals surface area contributed by atoms with Gasteiger partial charge in [0.2, 0.25) is 0 Å². The Kier molecular flexibility index (Phi) is 3.69. The average Bonchev–Trinajstić information content (AvgIpc) is 1.52. The van der Waals surface area contributed by atoms with Crippen LogP contribution in [0.5, 0.6) is 0 Å². The molecule has 0 saturated carbocycles. The van der Waals surface area contributed by atoms with Crippen LogP contribution in [-0.4, -0.2) is 17.7 Å². The molecule has 0 fully saturated rings. The zero-order valence-electron chi connectivity index (χ0n) is 5.23. The molecule has 0 spiro atoms. The van der Waals surface area contributed by atoms with Crippen LogP contribution in [0.25, 0.3) is 0 Å². The first-order valence-corrected chi connectivity index (χ1v) is 7.50. The van der Waals surface area contributed by atoms with Gasteiger partial charge in [0.1, 0.15) is 6.42 Å². The molecule has 12 heavy (non-hydrogen) atoms. The lowest BCUT2D eigenvalue weighted by Gasteiger charge is -2.22. The molecular formula is C3H2Cl3F5Si. The van der Waals surface area contributed by atoms with Gasteiger partial charge in [0.15, 0.2) is 0 Å². The van der Waals surface area contributed by atoms with E-state index in [1.165, 1.54) is 0 Å². The second-order valence-electron chi connectivity index (χ2n) is 1.99. The van der Waals surface area contributed by atoms with Crippen molar-refractivity contribution in [3.8, 4) is 0 Å². The van der Waals surface area contributed by atoms with Gasteiger partial charge in [0.05, 0.1) is 0 Å². The quantitative estimate of drug-likeness (QED) is 0.406. The summed E-state index contributed by atoms with van der Waals surface area (Å²) < 4.78 is 59.1. The smallest absolute Gasteiger partial charge is 0.206 e. The van der Waals surface area contributed by atoms with Crippen molar-refractivity contribution in [2.75, 3.05) is 0 Å². The van der Waals surface area contributed by atoms with Crippen molar-refractivity contribution in [3.63, 3.8) is 0 Å². The van der Waals surface area contributed by atoms with Gasteiger partial charge in [-0.3, -0.25) is 0 Å². The van der Waals surface area contributed by atoms with Crippen molar-refractivity contribution in [1.82, 2.24) is 0 Å². The van der Waals surface area contributed by atoms with Crippen LogP contribution in [0, 0.1) is 0 Å². The van der Waals surface area contributed by atoms with Gasteiger partial charge in [-0.25, -0.2) is 8.78 Å². The lowest BCUT2D eigenvalue weighted by atomic mass is 10.4. The van der Waals surface area contributed by atoms with Crippen LogP contribution in [0.2, 0.25) is 0 Å². The lowest BCUT2D eigenvalue weighted by Crippen LogP contribution is -2.42. The highest BCUT2D eigenvalue weighted by atomic mass is 35.8. The fourth-order valence-electron chi connectivity index (χ4n) is 0.352. The third kappa shape index (κ3) is 4.11. The molecule has 0 saturated heterocycles. The lowest BCUT2D eigenvalue weighted by molar-refractivity contribution is -0.168. The van der Waals surface area contributed by atoms with E-state index in [9.17, 15) is 22.0 Å². The summed E-state index contributed by atoms with van der Waals surface area (Å²) in [5, 5.41) is 0. The van der Waals surface area contributed by atoms with Crippen LogP contribution in [0.4, 0.5) is 22.0 Å². The molecule has 0 rings (SSSR count). The standard InChI is InChI=1S/C3H2Cl3F5Si/c4-12(5,6)3(10,11)1-2(7,8)9/h1H2. The van der Waals surface area contributed by atoms with Crippen molar-refractivity contribution in [3.05, 3.63) is 0 Å². The van der Waals surface area contributed by atoms with Crippen LogP contribution in [0.15, 0.2) is 0 Å². The minimum absolute atomic E-state index is 2.39. The molecule has 0 aromatic rings. The van der Waals surface area contributed by atoms with E-state index in [2.05, 4.69) is 0 Å². The molecule has 0 aliphatic heterocycles. The third-order valence-corrected chi connectivity index (χ3v) is 4.33. The fraction of sp³-hybridized carbons (Fsp3) is 1.00. The van der Waals surface area contributed by atoms with E-state index in [1.807, 2.05) is 0 Å². The number of hydrogen-bond acceptors (Lipinski definition) is 0. The SMILES string of the molecule is FC(F)(F)CC(F)(F)[Si](Cl)(Cl)Cl. The van der Waals surface area contributed by atoms with Gasteiger partial charge in [-0.1, -0.05) is 0 Å². The van der Waals surface area contributed by atoms with Gasteiger partial charge < -0.3 is 0 Å². The Hall–Kier alpha value is 0.737. The van der Waals surface area contributed by atoms with E-state index >= 15 is 0 Å². The minimum atomic E-state index is -5.03. The summed E-state index contributed by atoms with van der Waals surface area (Å²) in [7, 11) is 0. The molecule has 0 atom stereocenters. The van der Waals surface area contributed by atoms with E-state index in [1.54, 1.807) is 0 Å². The number of hydrogen-bond donors (Lipinski definition) is 0. The van der Waals surface area contributed by atoms with Crippen LogP contribution in [0.1, 0.15) is 6.42 Å². The Balaban J connectivity index is 4.44. The molecule has 0 unspecified atom stereocenters. The zero-order chi connectivity index (χ0) is 10.2. The molecule has 0 N–H and O–H groups in total. The van der Waals surface area contributed by atoms with Crippen molar-refractivity contribution >= 4 is 39.2 Å². The Morgan fingerprint density at radius 2 is 1.25 bits per heavy atom. The van der Waals surface area contributed by atoms with E-state index in [0.717, 1.165) is 0 Å². The van der Waals surface area contributed by atoms with E-state index in [-0.39, 0.29) is 0 Å². The molecule has 0 nitrogen and oxygen atoms in total. The van der Waals surface area contributed by atoms with Gasteiger partial charge >= 0.3 is 12.2 Å². The predicted molar refractivity (Wildman–Crippen MR) is 38.9 cm³/mol. The second kappa shape index (κ2) is 3.47. The molecule has 0 aromatic carbocycles. The normalized spacial score (nSPS) is 15.0. The van der Waals surface area contributed by atoms with Crippen molar-refractivity contribution in [1.29, 1.82) is 0 Å². The maximum absolute atomic E-state index is 12.4. The summed E-state index contributed by atoms with van der Waals surface area (Å²) in [6.45, 7) is 0. The summed E-state index contributed by atoms with van der Waals surface area (Å²) in [6.07, 6.45) is -7.41. The topological polar surface area (TPSA) is 0 Å². The first-order valence-electron chi connectivity index (χ1n) is 2.47. The van der Waals surface area contributed by atoms with Crippen molar-refractivity contribution in [2.45, 2.75) is 18.1 Å². The Morgan fingerprint density at radius 3 is 1.33 bits per heavy atom. The zero-order valence-corrected chi connectivity index (χ0v) is 8.50. The van der Waals surface area contributed by atoms with Gasteiger partial charge in [0.25, 0.3) is 5.55 Å². The molecule has 0 heterocycles. The molecule has 0 aromatic heterocycles. The molecule has 0 amide bonds. The predicted octanol–water partition coefficient (Wildman–Crippen LogP) is 3.77. The number of alkyl halides is 5. The largest absolute Gasteiger partial charge is 0.416 e. The maximum atomic E-state index is 12.4. The molecule has 9 heteroatoms. The minimum Gasteiger partial charge on any atom is -0.206 e. The van der Waals surface area contributed by atoms with E-state index in [0.29, 0.717) is 0 Å². The Labute approximate surface area is 79.7 Å². The summed E-state index contributed by atoms with van der Waals surface area (Å²) in [5.41, 5.74) is -4.27. The second-order valence-corrected chi connectivity index (χ2v) is 10.6. The molecular weight excluding hydrogens is 265 g/mol. The number of halogens is 8. The van der Waals surface area contributed by atoms with Crippen LogP contribution < -0.4 is 0 Å². The summed E-state index contributed by atoms with van der Waals surface area (Å²) in [5.74, 6) is 0. The molecule has 0 radical (unpaired) electrons. The Bertz CT molecular complexity index is 160. The highest BCUT2D eigenvalue weighted by Gasteiger charge is 2.59. The highest BCUT2D eigenvalue weighted by molar-refractivity contribution is 7.65. The maximum Gasteiger partial charge on any atom is 0.416 e. The van der Waals surface area contributed by atoms with Crippen molar-refractivity contribution in [2.24, 2.45) is 0 Å². The van der Waals surface area contributed by atoms with Crippen LogP contribution in [-0.2, 0) is 0 Å². The highest BCUT2D eigenvalue weighted by Crippen LogP contribution is 2.43. The van der Waals surface area contributed by atoms with Gasteiger partial charge in [-0.05, 0) is 0 Å². The van der Waals surface area contributed by atoms with E-state index in [4.69, 9.17) is 33.2 Å². The van der Waals surface area contributed by atoms with E-state index < -0.39 is 24.1 Å². The monoisotopic (exact) mass is 266 g/mol. The molecule has 74 valence electrons. The third-order valence-electron chi connectivity index (χ3n) is 0.837. The van der Waals surface area contributed by atoms with Gasteiger partial charge in [-0.15, -0.1) is 33.2 Å². The fourth-order valence-corrected chi connectivity index (χ4v) is 1.35. The first kappa shape index (κ1) is 12.7. The number of rotatable bonds is 2.